The summed E-state index contributed by atoms with van der Waals surface area (Å²) >= 11 is 0. The maximum Gasteiger partial charge on any atom is 0.253 e. The van der Waals surface area contributed by atoms with Crippen molar-refractivity contribution in [3.8, 4) is 0 Å². The molecule has 82 valence electrons. The van der Waals surface area contributed by atoms with Crippen molar-refractivity contribution in [3.05, 3.63) is 24.0 Å². The highest BCUT2D eigenvalue weighted by molar-refractivity contribution is 5.99. The fourth-order valence-electron chi connectivity index (χ4n) is 1.08. The summed E-state index contributed by atoms with van der Waals surface area (Å²) in [5.41, 5.74) is 6.33. The molecule has 15 heavy (non-hydrogen) atoms. The van der Waals surface area contributed by atoms with Crippen molar-refractivity contribution < 1.29 is 4.79 Å². The van der Waals surface area contributed by atoms with E-state index < -0.39 is 0 Å². The third-order valence-corrected chi connectivity index (χ3v) is 2.43. The molecule has 1 rings (SSSR count). The minimum atomic E-state index is -0.215. The normalized spacial score (nSPS) is 11.1. The summed E-state index contributed by atoms with van der Waals surface area (Å²) in [7, 11) is 0. The van der Waals surface area contributed by atoms with Gasteiger partial charge in [0.25, 0.3) is 5.91 Å². The number of carbonyl (C=O) groups excluding carboxylic acids is 1. The molecule has 0 radical (unpaired) electrons. The zero-order valence-corrected chi connectivity index (χ0v) is 9.37. The number of nitrogen functional groups attached to an aromatic ring is 1. The first-order chi connectivity index (χ1) is 6.96. The molecular formula is C11H17N3O. The smallest absolute Gasteiger partial charge is 0.253 e. The molecule has 3 N–H and O–H groups in total. The molecule has 4 heteroatoms. The number of carbonyl (C=O) groups is 1. The molecule has 0 unspecified atom stereocenters. The molecule has 4 nitrogen and oxygen atoms in total. The Balaban J connectivity index is 2.83. The second kappa shape index (κ2) is 4.29. The van der Waals surface area contributed by atoms with Crippen molar-refractivity contribution in [2.75, 3.05) is 5.73 Å². The highest BCUT2D eigenvalue weighted by Crippen LogP contribution is 2.12. The molecule has 0 spiro atoms. The summed E-state index contributed by atoms with van der Waals surface area (Å²) in [5, 5.41) is 2.92. The molecule has 0 aliphatic carbocycles. The van der Waals surface area contributed by atoms with Crippen LogP contribution in [0.1, 0.15) is 37.6 Å². The molecule has 0 aliphatic heterocycles. The lowest BCUT2D eigenvalue weighted by Gasteiger charge is -2.24. The van der Waals surface area contributed by atoms with E-state index in [0.29, 0.717) is 11.3 Å². The van der Waals surface area contributed by atoms with Gasteiger partial charge in [-0.3, -0.25) is 9.78 Å². The summed E-state index contributed by atoms with van der Waals surface area (Å²) in [6, 6.07) is 1.62. The molecule has 0 saturated heterocycles. The number of rotatable bonds is 3. The molecule has 1 heterocycles. The van der Waals surface area contributed by atoms with E-state index >= 15 is 0 Å². The van der Waals surface area contributed by atoms with Crippen molar-refractivity contribution in [3.63, 3.8) is 0 Å². The fourth-order valence-corrected chi connectivity index (χ4v) is 1.08. The van der Waals surface area contributed by atoms with Gasteiger partial charge < -0.3 is 11.1 Å². The summed E-state index contributed by atoms with van der Waals surface area (Å²) in [6.45, 7) is 5.97. The average Bonchev–Trinajstić information content (AvgIpc) is 2.17. The molecule has 1 aromatic rings. The molecule has 0 aliphatic rings. The number of hydrogen-bond acceptors (Lipinski definition) is 3. The number of amides is 1. The summed E-state index contributed by atoms with van der Waals surface area (Å²) in [6.07, 6.45) is 3.90. The van der Waals surface area contributed by atoms with Gasteiger partial charge in [0.15, 0.2) is 0 Å². The van der Waals surface area contributed by atoms with Crippen LogP contribution in [0.25, 0.3) is 0 Å². The van der Waals surface area contributed by atoms with Gasteiger partial charge >= 0.3 is 0 Å². The number of anilines is 1. The second-order valence-electron chi connectivity index (χ2n) is 4.15. The van der Waals surface area contributed by atoms with Gasteiger partial charge in [-0.2, -0.15) is 0 Å². The predicted molar refractivity (Wildman–Crippen MR) is 60.5 cm³/mol. The van der Waals surface area contributed by atoms with Crippen LogP contribution in [0.15, 0.2) is 18.5 Å². The second-order valence-corrected chi connectivity index (χ2v) is 4.15. The number of pyridine rings is 1. The van der Waals surface area contributed by atoms with Crippen molar-refractivity contribution in [1.82, 2.24) is 10.3 Å². The molecule has 0 fully saturated rings. The zero-order valence-electron chi connectivity index (χ0n) is 9.37. The van der Waals surface area contributed by atoms with Crippen molar-refractivity contribution in [2.24, 2.45) is 0 Å². The zero-order chi connectivity index (χ0) is 11.5. The maximum atomic E-state index is 11.8. The fraction of sp³-hybridized carbons (Fsp3) is 0.455. The number of aromatic nitrogens is 1. The first-order valence-electron chi connectivity index (χ1n) is 4.98. The van der Waals surface area contributed by atoms with Crippen LogP contribution in [0.2, 0.25) is 0 Å². The molecule has 0 bridgehead atoms. The van der Waals surface area contributed by atoms with E-state index in [2.05, 4.69) is 10.3 Å². The van der Waals surface area contributed by atoms with Gasteiger partial charge in [-0.15, -0.1) is 0 Å². The Morgan fingerprint density at radius 2 is 2.27 bits per heavy atom. The van der Waals surface area contributed by atoms with Crippen molar-refractivity contribution in [1.29, 1.82) is 0 Å². The molecular weight excluding hydrogens is 190 g/mol. The topological polar surface area (TPSA) is 68.0 Å². The van der Waals surface area contributed by atoms with Gasteiger partial charge in [0, 0.05) is 11.7 Å². The Kier molecular flexibility index (Phi) is 3.29. The van der Waals surface area contributed by atoms with E-state index in [-0.39, 0.29) is 11.4 Å². The van der Waals surface area contributed by atoms with Crippen LogP contribution < -0.4 is 11.1 Å². The quantitative estimate of drug-likeness (QED) is 0.790. The Labute approximate surface area is 89.9 Å². The van der Waals surface area contributed by atoms with E-state index in [1.165, 1.54) is 6.20 Å². The van der Waals surface area contributed by atoms with E-state index in [1.807, 2.05) is 20.8 Å². The van der Waals surface area contributed by atoms with Gasteiger partial charge in [-0.1, -0.05) is 6.92 Å². The Morgan fingerprint density at radius 3 is 2.80 bits per heavy atom. The predicted octanol–water partition coefficient (Wildman–Crippen LogP) is 1.58. The number of nitrogens with two attached hydrogens (primary N) is 1. The van der Waals surface area contributed by atoms with Crippen LogP contribution in [0.3, 0.4) is 0 Å². The monoisotopic (exact) mass is 207 g/mol. The number of hydrogen-bond donors (Lipinski definition) is 2. The largest absolute Gasteiger partial charge is 0.397 e. The van der Waals surface area contributed by atoms with Crippen LogP contribution in [0.4, 0.5) is 5.69 Å². The van der Waals surface area contributed by atoms with Crippen LogP contribution in [0.5, 0.6) is 0 Å². The highest BCUT2D eigenvalue weighted by atomic mass is 16.1. The van der Waals surface area contributed by atoms with Gasteiger partial charge in [0.2, 0.25) is 0 Å². The Bertz CT molecular complexity index is 361. The molecule has 1 amide bonds. The van der Waals surface area contributed by atoms with Crippen LogP contribution in [-0.2, 0) is 0 Å². The summed E-state index contributed by atoms with van der Waals surface area (Å²) in [4.78, 5) is 15.7. The van der Waals surface area contributed by atoms with Crippen LogP contribution in [-0.4, -0.2) is 16.4 Å². The lowest BCUT2D eigenvalue weighted by atomic mass is 10.0. The standard InChI is InChI=1S/C11H17N3O/c1-4-11(2,3)14-10(15)8-5-6-13-7-9(8)12/h5-7H,4,12H2,1-3H3,(H,14,15). The third kappa shape index (κ3) is 2.94. The molecule has 1 aromatic heterocycles. The van der Waals surface area contributed by atoms with E-state index in [0.717, 1.165) is 6.42 Å². The van der Waals surface area contributed by atoms with Crippen molar-refractivity contribution in [2.45, 2.75) is 32.7 Å². The number of nitrogens with zero attached hydrogens (tertiary/aromatic N) is 1. The minimum absolute atomic E-state index is 0.151. The molecule has 0 atom stereocenters. The van der Waals surface area contributed by atoms with Crippen LogP contribution >= 0.6 is 0 Å². The lowest BCUT2D eigenvalue weighted by molar-refractivity contribution is 0.0912. The van der Waals surface area contributed by atoms with Gasteiger partial charge in [-0.05, 0) is 26.3 Å². The Hall–Kier alpha value is -1.58. The summed E-state index contributed by atoms with van der Waals surface area (Å²) in [5.74, 6) is -0.151. The third-order valence-electron chi connectivity index (χ3n) is 2.43. The van der Waals surface area contributed by atoms with E-state index in [4.69, 9.17) is 5.73 Å². The van der Waals surface area contributed by atoms with Gasteiger partial charge in [0.1, 0.15) is 0 Å². The molecule has 0 saturated carbocycles. The van der Waals surface area contributed by atoms with Crippen molar-refractivity contribution >= 4 is 11.6 Å². The van der Waals surface area contributed by atoms with Gasteiger partial charge in [0.05, 0.1) is 17.4 Å². The lowest BCUT2D eigenvalue weighted by Crippen LogP contribution is -2.43. The van der Waals surface area contributed by atoms with E-state index in [9.17, 15) is 4.79 Å². The molecule has 0 aromatic carbocycles. The van der Waals surface area contributed by atoms with Crippen LogP contribution in [0, 0.1) is 0 Å². The van der Waals surface area contributed by atoms with E-state index in [1.54, 1.807) is 12.3 Å². The average molecular weight is 207 g/mol. The highest BCUT2D eigenvalue weighted by Gasteiger charge is 2.19. The SMILES string of the molecule is CCC(C)(C)NC(=O)c1ccncc1N. The minimum Gasteiger partial charge on any atom is -0.397 e. The first-order valence-corrected chi connectivity index (χ1v) is 4.98. The number of nitrogens with one attached hydrogen (secondary N) is 1. The first kappa shape index (κ1) is 11.5. The maximum absolute atomic E-state index is 11.8. The Morgan fingerprint density at radius 1 is 1.60 bits per heavy atom. The van der Waals surface area contributed by atoms with Gasteiger partial charge in [-0.25, -0.2) is 0 Å². The summed E-state index contributed by atoms with van der Waals surface area (Å²) < 4.78 is 0.